The molecule has 0 spiro atoms. The van der Waals surface area contributed by atoms with Crippen LogP contribution in [0.3, 0.4) is 0 Å². The molecule has 1 heterocycles. The molecular weight excluding hydrogens is 289 g/mol. The van der Waals surface area contributed by atoms with Crippen molar-refractivity contribution in [3.05, 3.63) is 41.2 Å². The van der Waals surface area contributed by atoms with Gasteiger partial charge in [-0.3, -0.25) is 4.79 Å². The number of halogens is 2. The highest BCUT2D eigenvalue weighted by atomic mass is 35.5. The predicted molar refractivity (Wildman–Crippen MR) is 75.6 cm³/mol. The molecule has 0 unspecified atom stereocenters. The molecule has 0 saturated heterocycles. The van der Waals surface area contributed by atoms with Crippen LogP contribution >= 0.6 is 24.0 Å². The molecule has 2 rings (SSSR count). The number of carbonyl (C=O) groups is 1. The van der Waals surface area contributed by atoms with Crippen molar-refractivity contribution in [2.45, 2.75) is 0 Å². The van der Waals surface area contributed by atoms with E-state index in [1.807, 2.05) is 6.07 Å². The summed E-state index contributed by atoms with van der Waals surface area (Å²) >= 11 is 5.91. The Morgan fingerprint density at radius 2 is 2.26 bits per heavy atom. The highest BCUT2D eigenvalue weighted by Gasteiger charge is 2.17. The van der Waals surface area contributed by atoms with Crippen LogP contribution in [0.2, 0.25) is 5.02 Å². The van der Waals surface area contributed by atoms with Gasteiger partial charge in [-0.25, -0.2) is 0 Å². The molecule has 0 atom stereocenters. The second-order valence-electron chi connectivity index (χ2n) is 3.63. The third-order valence-electron chi connectivity index (χ3n) is 2.35. The van der Waals surface area contributed by atoms with Gasteiger partial charge in [-0.15, -0.1) is 12.4 Å². The van der Waals surface area contributed by atoms with Gasteiger partial charge in [0.05, 0.1) is 5.56 Å². The first-order valence-electron chi connectivity index (χ1n) is 5.41. The van der Waals surface area contributed by atoms with Crippen molar-refractivity contribution in [1.82, 2.24) is 10.5 Å². The maximum atomic E-state index is 11.8. The minimum atomic E-state index is -0.316. The molecule has 0 fully saturated rings. The summed E-state index contributed by atoms with van der Waals surface area (Å²) < 4.78 is 4.86. The van der Waals surface area contributed by atoms with Crippen LogP contribution in [0.5, 0.6) is 0 Å². The lowest BCUT2D eigenvalue weighted by atomic mass is 10.1. The first-order chi connectivity index (χ1) is 8.72. The van der Waals surface area contributed by atoms with E-state index in [0.29, 0.717) is 23.7 Å². The van der Waals surface area contributed by atoms with Crippen molar-refractivity contribution in [3.63, 3.8) is 0 Å². The van der Waals surface area contributed by atoms with Crippen molar-refractivity contribution in [3.8, 4) is 11.1 Å². The van der Waals surface area contributed by atoms with Gasteiger partial charge in [0.15, 0.2) is 5.69 Å². The smallest absolute Gasteiger partial charge is 0.274 e. The zero-order chi connectivity index (χ0) is 13.0. The van der Waals surface area contributed by atoms with Crippen LogP contribution in [-0.2, 0) is 0 Å². The summed E-state index contributed by atoms with van der Waals surface area (Å²) in [6.07, 6.45) is 1.42. The zero-order valence-corrected chi connectivity index (χ0v) is 11.5. The standard InChI is InChI=1S/C12H12ClN3O2.ClH/c13-9-3-1-2-8(6-9)10-7-18-16-11(10)12(17)15-5-4-14;/h1-3,6-7H,4-5,14H2,(H,15,17);1H. The third kappa shape index (κ3) is 3.70. The molecule has 0 aliphatic rings. The molecule has 1 aromatic carbocycles. The lowest BCUT2D eigenvalue weighted by molar-refractivity contribution is 0.0946. The fraction of sp³-hybridized carbons (Fsp3) is 0.167. The Balaban J connectivity index is 0.00000180. The maximum Gasteiger partial charge on any atom is 0.274 e. The van der Waals surface area contributed by atoms with Gasteiger partial charge < -0.3 is 15.6 Å². The number of nitrogens with one attached hydrogen (secondary N) is 1. The number of aromatic nitrogens is 1. The second-order valence-corrected chi connectivity index (χ2v) is 4.07. The van der Waals surface area contributed by atoms with Gasteiger partial charge in [-0.05, 0) is 17.7 Å². The van der Waals surface area contributed by atoms with E-state index in [2.05, 4.69) is 10.5 Å². The lowest BCUT2D eigenvalue weighted by Crippen LogP contribution is -2.29. The molecule has 0 radical (unpaired) electrons. The van der Waals surface area contributed by atoms with Gasteiger partial charge in [0.25, 0.3) is 5.91 Å². The molecule has 19 heavy (non-hydrogen) atoms. The number of benzene rings is 1. The molecule has 102 valence electrons. The van der Waals surface area contributed by atoms with E-state index in [1.165, 1.54) is 6.26 Å². The average molecular weight is 302 g/mol. The molecular formula is C12H13Cl2N3O2. The van der Waals surface area contributed by atoms with Crippen LogP contribution in [0.25, 0.3) is 11.1 Å². The number of rotatable bonds is 4. The molecule has 0 aliphatic heterocycles. The Morgan fingerprint density at radius 1 is 1.47 bits per heavy atom. The molecule has 5 nitrogen and oxygen atoms in total. The van der Waals surface area contributed by atoms with Gasteiger partial charge in [-0.2, -0.15) is 0 Å². The highest BCUT2D eigenvalue weighted by molar-refractivity contribution is 6.30. The Morgan fingerprint density at radius 3 is 2.95 bits per heavy atom. The van der Waals surface area contributed by atoms with Crippen molar-refractivity contribution in [2.75, 3.05) is 13.1 Å². The summed E-state index contributed by atoms with van der Waals surface area (Å²) in [4.78, 5) is 11.8. The van der Waals surface area contributed by atoms with Crippen LogP contribution in [0.15, 0.2) is 35.1 Å². The third-order valence-corrected chi connectivity index (χ3v) is 2.59. The molecule has 0 bridgehead atoms. The second kappa shape index (κ2) is 7.13. The zero-order valence-electron chi connectivity index (χ0n) is 9.93. The van der Waals surface area contributed by atoms with E-state index in [1.54, 1.807) is 18.2 Å². The van der Waals surface area contributed by atoms with Crippen LogP contribution in [-0.4, -0.2) is 24.2 Å². The highest BCUT2D eigenvalue weighted by Crippen LogP contribution is 2.25. The van der Waals surface area contributed by atoms with Crippen LogP contribution in [0.1, 0.15) is 10.5 Å². The molecule has 7 heteroatoms. The summed E-state index contributed by atoms with van der Waals surface area (Å²) in [6.45, 7) is 0.761. The normalized spacial score (nSPS) is 9.79. The minimum Gasteiger partial charge on any atom is -0.363 e. The van der Waals surface area contributed by atoms with E-state index < -0.39 is 0 Å². The fourth-order valence-electron chi connectivity index (χ4n) is 1.53. The van der Waals surface area contributed by atoms with Crippen molar-refractivity contribution in [2.24, 2.45) is 5.73 Å². The number of nitrogens with two attached hydrogens (primary N) is 1. The molecule has 1 aromatic heterocycles. The van der Waals surface area contributed by atoms with Gasteiger partial charge in [0.2, 0.25) is 0 Å². The monoisotopic (exact) mass is 301 g/mol. The Labute approximate surface area is 121 Å². The summed E-state index contributed by atoms with van der Waals surface area (Å²) in [6, 6.07) is 7.13. The Kier molecular flexibility index (Phi) is 5.82. The average Bonchev–Trinajstić information content (AvgIpc) is 2.85. The molecule has 2 aromatic rings. The molecule has 0 aliphatic carbocycles. The number of hydrogen-bond acceptors (Lipinski definition) is 4. The Bertz CT molecular complexity index is 557. The van der Waals surface area contributed by atoms with Gasteiger partial charge in [0.1, 0.15) is 6.26 Å². The molecule has 0 saturated carbocycles. The van der Waals surface area contributed by atoms with Crippen LogP contribution < -0.4 is 11.1 Å². The summed E-state index contributed by atoms with van der Waals surface area (Å²) in [5.74, 6) is -0.316. The number of nitrogens with zero attached hydrogens (tertiary/aromatic N) is 1. The number of amides is 1. The quantitative estimate of drug-likeness (QED) is 0.906. The summed E-state index contributed by atoms with van der Waals surface area (Å²) in [5.41, 5.74) is 6.93. The van der Waals surface area contributed by atoms with E-state index in [0.717, 1.165) is 5.56 Å². The SMILES string of the molecule is Cl.NCCNC(=O)c1nocc1-c1cccc(Cl)c1. The maximum absolute atomic E-state index is 11.8. The molecule has 1 amide bonds. The topological polar surface area (TPSA) is 81.1 Å². The van der Waals surface area contributed by atoms with E-state index >= 15 is 0 Å². The van der Waals surface area contributed by atoms with Gasteiger partial charge in [-0.1, -0.05) is 28.9 Å². The lowest BCUT2D eigenvalue weighted by Gasteiger charge is -2.03. The molecule has 3 N–H and O–H groups in total. The summed E-state index contributed by atoms with van der Waals surface area (Å²) in [5, 5.41) is 6.93. The van der Waals surface area contributed by atoms with Crippen molar-refractivity contribution < 1.29 is 9.32 Å². The minimum absolute atomic E-state index is 0. The summed E-state index contributed by atoms with van der Waals surface area (Å²) in [7, 11) is 0. The van der Waals surface area contributed by atoms with Gasteiger partial charge >= 0.3 is 0 Å². The number of carbonyl (C=O) groups excluding carboxylic acids is 1. The van der Waals surface area contributed by atoms with Crippen molar-refractivity contribution >= 4 is 29.9 Å². The van der Waals surface area contributed by atoms with E-state index in [9.17, 15) is 4.79 Å². The first kappa shape index (κ1) is 15.5. The van der Waals surface area contributed by atoms with Gasteiger partial charge in [0, 0.05) is 18.1 Å². The van der Waals surface area contributed by atoms with Crippen LogP contribution in [0.4, 0.5) is 0 Å². The predicted octanol–water partition coefficient (Wildman–Crippen LogP) is 2.11. The first-order valence-corrected chi connectivity index (χ1v) is 5.78. The van der Waals surface area contributed by atoms with E-state index in [4.69, 9.17) is 21.9 Å². The number of hydrogen-bond donors (Lipinski definition) is 2. The van der Waals surface area contributed by atoms with E-state index in [-0.39, 0.29) is 24.0 Å². The fourth-order valence-corrected chi connectivity index (χ4v) is 1.72. The Hall–Kier alpha value is -1.56. The largest absolute Gasteiger partial charge is 0.363 e. The van der Waals surface area contributed by atoms with Crippen LogP contribution in [0, 0.1) is 0 Å². The van der Waals surface area contributed by atoms with Crippen molar-refractivity contribution in [1.29, 1.82) is 0 Å².